The Morgan fingerprint density at radius 2 is 1.62 bits per heavy atom. The zero-order chi connectivity index (χ0) is 12.3. The minimum Gasteiger partial charge on any atom is -0.328 e. The van der Waals surface area contributed by atoms with Crippen LogP contribution >= 0.6 is 0 Å². The highest BCUT2D eigenvalue weighted by Crippen LogP contribution is 2.29. The molecule has 2 unspecified atom stereocenters. The van der Waals surface area contributed by atoms with Crippen molar-refractivity contribution in [2.75, 3.05) is 0 Å². The smallest absolute Gasteiger partial charge is 0.328 e. The molecule has 1 aromatic carbocycles. The summed E-state index contributed by atoms with van der Waals surface area (Å²) < 4.78 is 36.9. The van der Waals surface area contributed by atoms with E-state index in [4.69, 9.17) is 5.73 Å². The lowest BCUT2D eigenvalue weighted by Gasteiger charge is -2.15. The van der Waals surface area contributed by atoms with Crippen LogP contribution in [0.15, 0.2) is 24.3 Å². The molecule has 0 bridgehead atoms. The Morgan fingerprint density at radius 3 is 2.00 bits per heavy atom. The van der Waals surface area contributed by atoms with Crippen molar-refractivity contribution in [2.45, 2.75) is 32.5 Å². The first-order valence-corrected chi connectivity index (χ1v) is 5.22. The van der Waals surface area contributed by atoms with Gasteiger partial charge in [-0.3, -0.25) is 0 Å². The van der Waals surface area contributed by atoms with Gasteiger partial charge in [-0.2, -0.15) is 13.2 Å². The van der Waals surface area contributed by atoms with Crippen molar-refractivity contribution >= 4 is 0 Å². The fourth-order valence-electron chi connectivity index (χ4n) is 1.39. The Morgan fingerprint density at radius 1 is 1.12 bits per heavy atom. The van der Waals surface area contributed by atoms with Crippen LogP contribution in [0.3, 0.4) is 0 Å². The molecule has 0 aliphatic carbocycles. The van der Waals surface area contributed by atoms with Crippen LogP contribution in [0.2, 0.25) is 0 Å². The highest BCUT2D eigenvalue weighted by Gasteiger charge is 2.29. The van der Waals surface area contributed by atoms with Crippen LogP contribution in [0.1, 0.15) is 25.0 Å². The maximum atomic E-state index is 12.3. The van der Waals surface area contributed by atoms with Crippen molar-refractivity contribution in [3.05, 3.63) is 35.4 Å². The molecule has 2 atom stereocenters. The Labute approximate surface area is 93.5 Å². The van der Waals surface area contributed by atoms with E-state index in [-0.39, 0.29) is 12.0 Å². The van der Waals surface area contributed by atoms with E-state index in [1.54, 1.807) is 0 Å². The molecule has 90 valence electrons. The molecule has 16 heavy (non-hydrogen) atoms. The molecule has 0 saturated carbocycles. The zero-order valence-electron chi connectivity index (χ0n) is 9.38. The minimum atomic E-state index is -4.26. The molecule has 2 N–H and O–H groups in total. The second-order valence-corrected chi connectivity index (χ2v) is 4.24. The highest BCUT2D eigenvalue weighted by atomic mass is 19.4. The third kappa shape index (κ3) is 3.52. The number of rotatable bonds is 3. The van der Waals surface area contributed by atoms with E-state index < -0.39 is 11.7 Å². The molecule has 0 aliphatic heterocycles. The van der Waals surface area contributed by atoms with Gasteiger partial charge in [0.25, 0.3) is 0 Å². The van der Waals surface area contributed by atoms with Crippen molar-refractivity contribution in [2.24, 2.45) is 11.7 Å². The summed E-state index contributed by atoms with van der Waals surface area (Å²) in [5.41, 5.74) is 5.98. The van der Waals surface area contributed by atoms with Crippen LogP contribution < -0.4 is 5.73 Å². The molecule has 0 spiro atoms. The Kier molecular flexibility index (Phi) is 3.97. The lowest BCUT2D eigenvalue weighted by Crippen LogP contribution is -2.25. The molecule has 4 heteroatoms. The van der Waals surface area contributed by atoms with Crippen LogP contribution in [0.4, 0.5) is 13.2 Å². The van der Waals surface area contributed by atoms with Gasteiger partial charge in [-0.25, -0.2) is 0 Å². The van der Waals surface area contributed by atoms with Crippen molar-refractivity contribution < 1.29 is 13.2 Å². The summed E-state index contributed by atoms with van der Waals surface area (Å²) >= 11 is 0. The van der Waals surface area contributed by atoms with E-state index in [1.807, 2.05) is 13.8 Å². The van der Waals surface area contributed by atoms with Crippen molar-refractivity contribution in [3.63, 3.8) is 0 Å². The van der Waals surface area contributed by atoms with E-state index in [0.717, 1.165) is 17.7 Å². The molecule has 1 rings (SSSR count). The van der Waals surface area contributed by atoms with Gasteiger partial charge in [-0.15, -0.1) is 0 Å². The number of hydrogen-bond acceptors (Lipinski definition) is 1. The molecular formula is C12H16F3N. The fourth-order valence-corrected chi connectivity index (χ4v) is 1.39. The molecule has 0 aromatic heterocycles. The summed E-state index contributed by atoms with van der Waals surface area (Å²) in [7, 11) is 0. The lowest BCUT2D eigenvalue weighted by molar-refractivity contribution is -0.137. The quantitative estimate of drug-likeness (QED) is 0.849. The molecule has 1 nitrogen and oxygen atoms in total. The molecule has 0 aliphatic rings. The van der Waals surface area contributed by atoms with E-state index >= 15 is 0 Å². The molecule has 0 fully saturated rings. The van der Waals surface area contributed by atoms with Gasteiger partial charge in [-0.05, 0) is 37.0 Å². The minimum absolute atomic E-state index is 0.0438. The van der Waals surface area contributed by atoms with Gasteiger partial charge < -0.3 is 5.73 Å². The summed E-state index contributed by atoms with van der Waals surface area (Å²) in [6, 6.07) is 5.30. The Hall–Kier alpha value is -1.03. The summed E-state index contributed by atoms with van der Waals surface area (Å²) in [4.78, 5) is 0. The lowest BCUT2D eigenvalue weighted by atomic mass is 9.95. The fraction of sp³-hybridized carbons (Fsp3) is 0.500. The molecule has 0 radical (unpaired) electrons. The van der Waals surface area contributed by atoms with E-state index in [0.29, 0.717) is 6.42 Å². The third-order valence-corrected chi connectivity index (χ3v) is 2.74. The summed E-state index contributed by atoms with van der Waals surface area (Å²) in [5, 5.41) is 0. The maximum Gasteiger partial charge on any atom is 0.416 e. The van der Waals surface area contributed by atoms with E-state index in [9.17, 15) is 13.2 Å². The Balaban J connectivity index is 2.72. The van der Waals surface area contributed by atoms with Gasteiger partial charge in [0.1, 0.15) is 0 Å². The van der Waals surface area contributed by atoms with Crippen LogP contribution in [-0.2, 0) is 12.6 Å². The van der Waals surface area contributed by atoms with Crippen LogP contribution in [0.25, 0.3) is 0 Å². The van der Waals surface area contributed by atoms with Gasteiger partial charge in [0.2, 0.25) is 0 Å². The van der Waals surface area contributed by atoms with Crippen LogP contribution in [-0.4, -0.2) is 6.04 Å². The van der Waals surface area contributed by atoms with Gasteiger partial charge in [0.15, 0.2) is 0 Å². The first-order chi connectivity index (χ1) is 7.30. The number of benzene rings is 1. The molecular weight excluding hydrogens is 215 g/mol. The number of hydrogen-bond donors (Lipinski definition) is 1. The van der Waals surface area contributed by atoms with Gasteiger partial charge >= 0.3 is 6.18 Å². The van der Waals surface area contributed by atoms with Crippen molar-refractivity contribution in [1.29, 1.82) is 0 Å². The topological polar surface area (TPSA) is 26.0 Å². The second kappa shape index (κ2) is 4.87. The van der Waals surface area contributed by atoms with E-state index in [2.05, 4.69) is 0 Å². The number of nitrogens with two attached hydrogens (primary N) is 1. The number of alkyl halides is 3. The monoisotopic (exact) mass is 231 g/mol. The SMILES string of the molecule is CC(N)C(C)Cc1ccc(C(F)(F)F)cc1. The first kappa shape index (κ1) is 13.0. The largest absolute Gasteiger partial charge is 0.416 e. The summed E-state index contributed by atoms with van der Waals surface area (Å²) in [5.74, 6) is 0.261. The molecule has 0 heterocycles. The maximum absolute atomic E-state index is 12.3. The van der Waals surface area contributed by atoms with Crippen molar-refractivity contribution in [1.82, 2.24) is 0 Å². The summed E-state index contributed by atoms with van der Waals surface area (Å²) in [6.07, 6.45) is -3.55. The standard InChI is InChI=1S/C12H16F3N/c1-8(9(2)16)7-10-3-5-11(6-4-10)12(13,14)15/h3-6,8-9H,7,16H2,1-2H3. The predicted molar refractivity (Wildman–Crippen MR) is 58.0 cm³/mol. The predicted octanol–water partition coefficient (Wildman–Crippen LogP) is 3.23. The van der Waals surface area contributed by atoms with Crippen LogP contribution in [0, 0.1) is 5.92 Å². The zero-order valence-corrected chi connectivity index (χ0v) is 9.38. The van der Waals surface area contributed by atoms with Gasteiger partial charge in [-0.1, -0.05) is 19.1 Å². The average molecular weight is 231 g/mol. The first-order valence-electron chi connectivity index (χ1n) is 5.22. The highest BCUT2D eigenvalue weighted by molar-refractivity contribution is 5.24. The second-order valence-electron chi connectivity index (χ2n) is 4.24. The number of halogens is 3. The Bertz CT molecular complexity index is 327. The third-order valence-electron chi connectivity index (χ3n) is 2.74. The average Bonchev–Trinajstić information content (AvgIpc) is 2.17. The molecule has 0 saturated heterocycles. The van der Waals surface area contributed by atoms with Gasteiger partial charge in [0, 0.05) is 6.04 Å². The van der Waals surface area contributed by atoms with E-state index in [1.165, 1.54) is 12.1 Å². The normalized spacial score (nSPS) is 15.9. The molecule has 1 aromatic rings. The van der Waals surface area contributed by atoms with Crippen LogP contribution in [0.5, 0.6) is 0 Å². The van der Waals surface area contributed by atoms with Gasteiger partial charge in [0.05, 0.1) is 5.56 Å². The molecule has 0 amide bonds. The summed E-state index contributed by atoms with van der Waals surface area (Å²) in [6.45, 7) is 3.89. The van der Waals surface area contributed by atoms with Crippen molar-refractivity contribution in [3.8, 4) is 0 Å².